The fourth-order valence-corrected chi connectivity index (χ4v) is 2.97. The van der Waals surface area contributed by atoms with E-state index in [0.29, 0.717) is 33.8 Å². The van der Waals surface area contributed by atoms with Crippen molar-refractivity contribution in [1.29, 1.82) is 0 Å². The minimum Gasteiger partial charge on any atom is -0.488 e. The predicted molar refractivity (Wildman–Crippen MR) is 101 cm³/mol. The lowest BCUT2D eigenvalue weighted by molar-refractivity contribution is 0.0815. The number of ketones is 2. The number of benzene rings is 2. The highest BCUT2D eigenvalue weighted by atomic mass is 16.5. The maximum absolute atomic E-state index is 12.5. The minimum absolute atomic E-state index is 0.358. The van der Waals surface area contributed by atoms with Crippen LogP contribution in [0.25, 0.3) is 11.1 Å². The van der Waals surface area contributed by atoms with Crippen LogP contribution in [0.5, 0.6) is 11.5 Å². The molecule has 4 heteroatoms. The number of hydrogen-bond donors (Lipinski definition) is 0. The molecule has 0 heterocycles. The topological polar surface area (TPSA) is 52.6 Å². The highest BCUT2D eigenvalue weighted by molar-refractivity contribution is 6.53. The summed E-state index contributed by atoms with van der Waals surface area (Å²) in [5.41, 5.74) is 1.48. The molecule has 0 saturated carbocycles. The second-order valence-corrected chi connectivity index (χ2v) is 8.50. The second kappa shape index (κ2) is 5.97. The zero-order valence-electron chi connectivity index (χ0n) is 16.1. The van der Waals surface area contributed by atoms with E-state index < -0.39 is 11.6 Å². The quantitative estimate of drug-likeness (QED) is 0.707. The van der Waals surface area contributed by atoms with Crippen molar-refractivity contribution in [3.63, 3.8) is 0 Å². The van der Waals surface area contributed by atoms with E-state index in [1.54, 1.807) is 24.3 Å². The minimum atomic E-state index is -0.487. The number of carbonyl (C=O) groups is 2. The molecule has 0 fully saturated rings. The summed E-state index contributed by atoms with van der Waals surface area (Å²) >= 11 is 0. The Hall–Kier alpha value is -2.62. The van der Waals surface area contributed by atoms with Crippen LogP contribution < -0.4 is 9.47 Å². The smallest absolute Gasteiger partial charge is 0.234 e. The van der Waals surface area contributed by atoms with Gasteiger partial charge in [-0.05, 0) is 89.1 Å². The molecule has 2 aromatic rings. The average molecular weight is 352 g/mol. The van der Waals surface area contributed by atoms with E-state index in [1.807, 2.05) is 53.7 Å². The Bertz CT molecular complexity index is 820. The number of carbonyl (C=O) groups excluding carboxylic acids is 2. The van der Waals surface area contributed by atoms with Crippen molar-refractivity contribution in [3.8, 4) is 22.6 Å². The van der Waals surface area contributed by atoms with Crippen molar-refractivity contribution < 1.29 is 19.1 Å². The number of fused-ring (bicyclic) bond motifs is 3. The van der Waals surface area contributed by atoms with E-state index in [2.05, 4.69) is 0 Å². The predicted octanol–water partition coefficient (Wildman–Crippen LogP) is 5.09. The molecule has 1 aliphatic carbocycles. The van der Waals surface area contributed by atoms with Gasteiger partial charge in [0.2, 0.25) is 11.6 Å². The fourth-order valence-electron chi connectivity index (χ4n) is 2.97. The number of ether oxygens (including phenoxy) is 2. The SMILES string of the molecule is CC(C)(C)Oc1ccc2c(c1)-c1cc(OC(C)(C)C)ccc1C(=O)C2=O. The van der Waals surface area contributed by atoms with Gasteiger partial charge in [0.15, 0.2) is 0 Å². The lowest BCUT2D eigenvalue weighted by Gasteiger charge is -2.25. The third-order valence-corrected chi connectivity index (χ3v) is 3.82. The second-order valence-electron chi connectivity index (χ2n) is 8.50. The Morgan fingerprint density at radius 3 is 1.23 bits per heavy atom. The Morgan fingerprint density at radius 2 is 0.923 bits per heavy atom. The molecule has 0 amide bonds. The van der Waals surface area contributed by atoms with Crippen molar-refractivity contribution in [2.75, 3.05) is 0 Å². The maximum atomic E-state index is 12.5. The van der Waals surface area contributed by atoms with Crippen LogP contribution in [-0.4, -0.2) is 22.8 Å². The molecule has 0 aromatic heterocycles. The first-order valence-corrected chi connectivity index (χ1v) is 8.70. The van der Waals surface area contributed by atoms with Gasteiger partial charge in [-0.1, -0.05) is 0 Å². The Balaban J connectivity index is 2.14. The molecule has 26 heavy (non-hydrogen) atoms. The molecular weight excluding hydrogens is 328 g/mol. The molecule has 0 atom stereocenters. The molecule has 3 rings (SSSR count). The lowest BCUT2D eigenvalue weighted by Crippen LogP contribution is -2.25. The summed E-state index contributed by atoms with van der Waals surface area (Å²) in [4.78, 5) is 24.9. The summed E-state index contributed by atoms with van der Waals surface area (Å²) in [6.07, 6.45) is 0. The van der Waals surface area contributed by atoms with Crippen molar-refractivity contribution in [2.45, 2.75) is 52.7 Å². The lowest BCUT2D eigenvalue weighted by atomic mass is 9.83. The summed E-state index contributed by atoms with van der Waals surface area (Å²) in [5, 5.41) is 0. The van der Waals surface area contributed by atoms with Gasteiger partial charge >= 0.3 is 0 Å². The van der Waals surface area contributed by atoms with Gasteiger partial charge in [-0.3, -0.25) is 9.59 Å². The maximum Gasteiger partial charge on any atom is 0.234 e. The van der Waals surface area contributed by atoms with Crippen LogP contribution in [0.3, 0.4) is 0 Å². The normalized spacial score (nSPS) is 13.9. The van der Waals surface area contributed by atoms with E-state index in [9.17, 15) is 9.59 Å². The largest absolute Gasteiger partial charge is 0.488 e. The highest BCUT2D eigenvalue weighted by Crippen LogP contribution is 2.38. The highest BCUT2D eigenvalue weighted by Gasteiger charge is 2.31. The van der Waals surface area contributed by atoms with E-state index in [0.717, 1.165) is 0 Å². The summed E-state index contributed by atoms with van der Waals surface area (Å²) in [7, 11) is 0. The molecule has 0 aliphatic heterocycles. The molecule has 0 unspecified atom stereocenters. The van der Waals surface area contributed by atoms with Crippen molar-refractivity contribution in [2.24, 2.45) is 0 Å². The number of Topliss-reactive ketones (excluding diaryl/α,β-unsaturated/α-hetero) is 2. The van der Waals surface area contributed by atoms with E-state index in [4.69, 9.17) is 9.47 Å². The Morgan fingerprint density at radius 1 is 0.577 bits per heavy atom. The van der Waals surface area contributed by atoms with E-state index in [-0.39, 0.29) is 11.2 Å². The van der Waals surface area contributed by atoms with Gasteiger partial charge < -0.3 is 9.47 Å². The van der Waals surface area contributed by atoms with Gasteiger partial charge in [-0.15, -0.1) is 0 Å². The summed E-state index contributed by atoms with van der Waals surface area (Å²) in [5.74, 6) is 0.344. The summed E-state index contributed by atoms with van der Waals surface area (Å²) < 4.78 is 11.9. The third-order valence-electron chi connectivity index (χ3n) is 3.82. The standard InChI is InChI=1S/C22H24O4/c1-21(2,3)25-13-7-9-15-17(11-13)18-12-14(26-22(4,5)6)8-10-16(18)20(24)19(15)23/h7-12H,1-6H3. The van der Waals surface area contributed by atoms with Crippen LogP contribution in [0.1, 0.15) is 62.3 Å². The number of hydrogen-bond acceptors (Lipinski definition) is 4. The van der Waals surface area contributed by atoms with Gasteiger partial charge in [0.25, 0.3) is 0 Å². The molecule has 0 N–H and O–H groups in total. The monoisotopic (exact) mass is 352 g/mol. The number of rotatable bonds is 2. The third kappa shape index (κ3) is 3.64. The molecular formula is C22H24O4. The van der Waals surface area contributed by atoms with E-state index >= 15 is 0 Å². The molecule has 2 aromatic carbocycles. The molecule has 0 radical (unpaired) electrons. The Kier molecular flexibility index (Phi) is 4.18. The first-order valence-electron chi connectivity index (χ1n) is 8.70. The summed E-state index contributed by atoms with van der Waals surface area (Å²) in [6.45, 7) is 11.8. The fraction of sp³-hybridized carbons (Fsp3) is 0.364. The van der Waals surface area contributed by atoms with Crippen LogP contribution in [0.2, 0.25) is 0 Å². The average Bonchev–Trinajstić information content (AvgIpc) is 2.49. The Labute approximate surface area is 154 Å². The van der Waals surface area contributed by atoms with Gasteiger partial charge in [0, 0.05) is 11.1 Å². The zero-order valence-corrected chi connectivity index (χ0v) is 16.1. The van der Waals surface area contributed by atoms with Gasteiger partial charge in [-0.25, -0.2) is 0 Å². The van der Waals surface area contributed by atoms with Crippen LogP contribution in [0.15, 0.2) is 36.4 Å². The van der Waals surface area contributed by atoms with Crippen molar-refractivity contribution in [1.82, 2.24) is 0 Å². The van der Waals surface area contributed by atoms with Crippen molar-refractivity contribution in [3.05, 3.63) is 47.5 Å². The molecule has 0 saturated heterocycles. The van der Waals surface area contributed by atoms with Crippen LogP contribution >= 0.6 is 0 Å². The van der Waals surface area contributed by atoms with Crippen LogP contribution in [0, 0.1) is 0 Å². The summed E-state index contributed by atoms with van der Waals surface area (Å²) in [6, 6.07) is 10.4. The van der Waals surface area contributed by atoms with Gasteiger partial charge in [0.05, 0.1) is 0 Å². The molecule has 0 bridgehead atoms. The molecule has 136 valence electrons. The zero-order chi connectivity index (χ0) is 19.3. The van der Waals surface area contributed by atoms with Crippen LogP contribution in [0.4, 0.5) is 0 Å². The molecule has 0 spiro atoms. The van der Waals surface area contributed by atoms with Gasteiger partial charge in [0.1, 0.15) is 22.7 Å². The molecule has 1 aliphatic rings. The first-order chi connectivity index (χ1) is 11.9. The van der Waals surface area contributed by atoms with Crippen molar-refractivity contribution >= 4 is 11.6 Å². The first kappa shape index (κ1) is 18.2. The van der Waals surface area contributed by atoms with Gasteiger partial charge in [-0.2, -0.15) is 0 Å². The van der Waals surface area contributed by atoms with Crippen LogP contribution in [-0.2, 0) is 0 Å². The molecule has 4 nitrogen and oxygen atoms in total. The van der Waals surface area contributed by atoms with E-state index in [1.165, 1.54) is 0 Å².